The number of fused-ring (bicyclic) bond motifs is 1. The molecular formula is C25H23F4N3O3S. The van der Waals surface area contributed by atoms with Crippen molar-refractivity contribution in [2.75, 3.05) is 31.1 Å². The molecule has 0 spiro atoms. The molecule has 2 aromatic carbocycles. The van der Waals surface area contributed by atoms with Crippen LogP contribution in [0, 0.1) is 5.82 Å². The van der Waals surface area contributed by atoms with Gasteiger partial charge in [0, 0.05) is 50.7 Å². The van der Waals surface area contributed by atoms with Gasteiger partial charge < -0.3 is 19.5 Å². The molecule has 1 fully saturated rings. The van der Waals surface area contributed by atoms with Crippen LogP contribution in [-0.2, 0) is 19.1 Å². The second-order valence-corrected chi connectivity index (χ2v) is 8.99. The maximum Gasteiger partial charge on any atom is 0.416 e. The van der Waals surface area contributed by atoms with Gasteiger partial charge in [0.1, 0.15) is 11.4 Å². The lowest BCUT2D eigenvalue weighted by molar-refractivity contribution is -0.137. The highest BCUT2D eigenvalue weighted by atomic mass is 32.1. The third-order valence-corrected chi connectivity index (χ3v) is 6.73. The number of nitrogens with zero attached hydrogens (tertiary/aromatic N) is 3. The largest absolute Gasteiger partial charge is 0.477 e. The standard InChI is InChI=1S/C25H23F4N3O3S/c1-2-30-14-18(24(34)35)23(33)17-12-19(26)21(13-20(17)30)31-7-9-32(10-8-31)22(36)11-15-3-5-16(6-4-15)25(27,28)29/h3-6,12-14H,2,7-11H2,1H3,(H,34,35). The number of thiocarbonyl (C=S) groups is 1. The summed E-state index contributed by atoms with van der Waals surface area (Å²) in [7, 11) is 0. The Labute approximate surface area is 209 Å². The summed E-state index contributed by atoms with van der Waals surface area (Å²) >= 11 is 5.51. The molecule has 6 nitrogen and oxygen atoms in total. The summed E-state index contributed by atoms with van der Waals surface area (Å²) < 4.78 is 55.0. The molecule has 0 radical (unpaired) electrons. The molecule has 0 aliphatic carbocycles. The van der Waals surface area contributed by atoms with E-state index in [1.54, 1.807) is 17.6 Å². The number of anilines is 1. The molecule has 36 heavy (non-hydrogen) atoms. The van der Waals surface area contributed by atoms with Crippen LogP contribution in [0.5, 0.6) is 0 Å². The van der Waals surface area contributed by atoms with Gasteiger partial charge in [-0.2, -0.15) is 13.2 Å². The van der Waals surface area contributed by atoms with Crippen molar-refractivity contribution >= 4 is 39.8 Å². The van der Waals surface area contributed by atoms with Crippen LogP contribution >= 0.6 is 12.2 Å². The number of halogens is 4. The van der Waals surface area contributed by atoms with E-state index >= 15 is 4.39 Å². The number of benzene rings is 2. The highest BCUT2D eigenvalue weighted by Crippen LogP contribution is 2.29. The number of carbonyl (C=O) groups is 1. The Kier molecular flexibility index (Phi) is 7.03. The first-order valence-electron chi connectivity index (χ1n) is 11.3. The van der Waals surface area contributed by atoms with E-state index in [0.29, 0.717) is 60.9 Å². The Bertz CT molecular complexity index is 1380. The number of aryl methyl sites for hydroxylation is 1. The summed E-state index contributed by atoms with van der Waals surface area (Å²) in [6, 6.07) is 7.56. The zero-order chi connectivity index (χ0) is 26.2. The molecule has 190 valence electrons. The van der Waals surface area contributed by atoms with Crippen molar-refractivity contribution in [3.8, 4) is 0 Å². The quantitative estimate of drug-likeness (QED) is 0.392. The minimum Gasteiger partial charge on any atom is -0.477 e. The van der Waals surface area contributed by atoms with E-state index in [4.69, 9.17) is 12.2 Å². The van der Waals surface area contributed by atoms with Gasteiger partial charge >= 0.3 is 12.1 Å². The molecule has 3 aromatic rings. The fourth-order valence-corrected chi connectivity index (χ4v) is 4.70. The molecule has 1 saturated heterocycles. The summed E-state index contributed by atoms with van der Waals surface area (Å²) in [5, 5.41) is 9.31. The molecule has 11 heteroatoms. The lowest BCUT2D eigenvalue weighted by atomic mass is 10.1. The van der Waals surface area contributed by atoms with Crippen molar-refractivity contribution in [3.63, 3.8) is 0 Å². The van der Waals surface area contributed by atoms with Crippen LogP contribution in [-0.4, -0.2) is 51.7 Å². The third-order valence-electron chi connectivity index (χ3n) is 6.33. The first-order valence-corrected chi connectivity index (χ1v) is 11.7. The van der Waals surface area contributed by atoms with Crippen molar-refractivity contribution in [2.45, 2.75) is 26.1 Å². The van der Waals surface area contributed by atoms with E-state index in [0.717, 1.165) is 18.2 Å². The average molecular weight is 522 g/mol. The number of aromatic nitrogens is 1. The number of carboxylic acids is 1. The summed E-state index contributed by atoms with van der Waals surface area (Å²) in [6.07, 6.45) is -2.80. The summed E-state index contributed by atoms with van der Waals surface area (Å²) in [5.41, 5.74) is -0.424. The van der Waals surface area contributed by atoms with Crippen LogP contribution in [0.25, 0.3) is 10.9 Å². The number of aromatic carboxylic acids is 1. The van der Waals surface area contributed by atoms with Crippen LogP contribution < -0.4 is 10.3 Å². The van der Waals surface area contributed by atoms with Gasteiger partial charge in [-0.15, -0.1) is 0 Å². The molecule has 2 heterocycles. The van der Waals surface area contributed by atoms with E-state index in [1.165, 1.54) is 18.3 Å². The molecule has 0 amide bonds. The Morgan fingerprint density at radius 1 is 1.08 bits per heavy atom. The number of pyridine rings is 1. The molecular weight excluding hydrogens is 498 g/mol. The van der Waals surface area contributed by atoms with Gasteiger partial charge in [-0.1, -0.05) is 24.4 Å². The van der Waals surface area contributed by atoms with E-state index in [1.807, 2.05) is 9.80 Å². The van der Waals surface area contributed by atoms with Crippen LogP contribution in [0.2, 0.25) is 0 Å². The van der Waals surface area contributed by atoms with Crippen molar-refractivity contribution in [1.82, 2.24) is 9.47 Å². The number of hydrogen-bond donors (Lipinski definition) is 1. The number of alkyl halides is 3. The van der Waals surface area contributed by atoms with Gasteiger partial charge in [-0.05, 0) is 36.8 Å². The lowest BCUT2D eigenvalue weighted by Crippen LogP contribution is -2.49. The summed E-state index contributed by atoms with van der Waals surface area (Å²) in [6.45, 7) is 4.08. The fourth-order valence-electron chi connectivity index (χ4n) is 4.35. The van der Waals surface area contributed by atoms with Crippen LogP contribution in [0.3, 0.4) is 0 Å². The highest BCUT2D eigenvalue weighted by molar-refractivity contribution is 7.80. The fraction of sp³-hybridized carbons (Fsp3) is 0.320. The number of carboxylic acid groups (broad SMARTS) is 1. The third kappa shape index (κ3) is 5.06. The first kappa shape index (κ1) is 25.6. The summed E-state index contributed by atoms with van der Waals surface area (Å²) in [5.74, 6) is -1.98. The van der Waals surface area contributed by atoms with Gasteiger partial charge in [0.25, 0.3) is 0 Å². The van der Waals surface area contributed by atoms with Gasteiger partial charge in [0.05, 0.1) is 21.8 Å². The van der Waals surface area contributed by atoms with Crippen molar-refractivity contribution < 1.29 is 27.5 Å². The lowest BCUT2D eigenvalue weighted by Gasteiger charge is -2.37. The Hall–Kier alpha value is -3.47. The highest BCUT2D eigenvalue weighted by Gasteiger charge is 2.30. The monoisotopic (exact) mass is 521 g/mol. The predicted octanol–water partition coefficient (Wildman–Crippen LogP) is 4.57. The zero-order valence-corrected chi connectivity index (χ0v) is 20.1. The first-order chi connectivity index (χ1) is 17.0. The molecule has 1 N–H and O–H groups in total. The Morgan fingerprint density at radius 3 is 2.28 bits per heavy atom. The molecule has 0 atom stereocenters. The van der Waals surface area contributed by atoms with E-state index in [9.17, 15) is 27.9 Å². The van der Waals surface area contributed by atoms with Crippen molar-refractivity contribution in [2.24, 2.45) is 0 Å². The van der Waals surface area contributed by atoms with E-state index < -0.39 is 34.5 Å². The Balaban J connectivity index is 1.49. The van der Waals surface area contributed by atoms with Crippen molar-refractivity contribution in [3.05, 3.63) is 75.3 Å². The zero-order valence-electron chi connectivity index (χ0n) is 19.3. The predicted molar refractivity (Wildman–Crippen MR) is 132 cm³/mol. The average Bonchev–Trinajstić information content (AvgIpc) is 2.84. The summed E-state index contributed by atoms with van der Waals surface area (Å²) in [4.78, 5) is 28.4. The van der Waals surface area contributed by atoms with Gasteiger partial charge in [0.2, 0.25) is 5.43 Å². The maximum absolute atomic E-state index is 15.1. The SMILES string of the molecule is CCn1cc(C(=O)O)c(=O)c2cc(F)c(N3CCN(C(=S)Cc4ccc(C(F)(F)F)cc4)CC3)cc21. The van der Waals surface area contributed by atoms with Gasteiger partial charge in [0.15, 0.2) is 0 Å². The molecule has 0 bridgehead atoms. The topological polar surface area (TPSA) is 65.8 Å². The minimum absolute atomic E-state index is 0.00866. The molecule has 0 saturated carbocycles. The van der Waals surface area contributed by atoms with E-state index in [-0.39, 0.29) is 5.39 Å². The molecule has 1 aliphatic rings. The van der Waals surface area contributed by atoms with Gasteiger partial charge in [-0.25, -0.2) is 9.18 Å². The number of piperazine rings is 1. The molecule has 1 aliphatic heterocycles. The van der Waals surface area contributed by atoms with Crippen molar-refractivity contribution in [1.29, 1.82) is 0 Å². The van der Waals surface area contributed by atoms with Crippen LogP contribution in [0.15, 0.2) is 47.4 Å². The van der Waals surface area contributed by atoms with Gasteiger partial charge in [-0.3, -0.25) is 4.79 Å². The molecule has 1 aromatic heterocycles. The maximum atomic E-state index is 15.1. The normalized spacial score (nSPS) is 14.4. The minimum atomic E-state index is -4.39. The van der Waals surface area contributed by atoms with Crippen LogP contribution in [0.4, 0.5) is 23.2 Å². The van der Waals surface area contributed by atoms with E-state index in [2.05, 4.69) is 0 Å². The van der Waals surface area contributed by atoms with Crippen LogP contribution in [0.1, 0.15) is 28.4 Å². The molecule has 4 rings (SSSR count). The second kappa shape index (κ2) is 9.88. The number of hydrogen-bond acceptors (Lipinski definition) is 4. The molecule has 0 unspecified atom stereocenters. The second-order valence-electron chi connectivity index (χ2n) is 8.52. The Morgan fingerprint density at radius 2 is 1.72 bits per heavy atom. The number of rotatable bonds is 5. The smallest absolute Gasteiger partial charge is 0.416 e.